The Kier molecular flexibility index (Phi) is 5.08. The summed E-state index contributed by atoms with van der Waals surface area (Å²) in [7, 11) is 2.14. The van der Waals surface area contributed by atoms with E-state index >= 15 is 0 Å². The lowest BCUT2D eigenvalue weighted by Crippen LogP contribution is -2.44. The van der Waals surface area contributed by atoms with Crippen molar-refractivity contribution in [3.8, 4) is 0 Å². The Hall–Kier alpha value is -0.0800. The third-order valence-corrected chi connectivity index (χ3v) is 5.94. The molecule has 2 nitrogen and oxygen atoms in total. The fourth-order valence-electron chi connectivity index (χ4n) is 4.13. The van der Waals surface area contributed by atoms with E-state index in [1.165, 1.54) is 64.6 Å². The van der Waals surface area contributed by atoms with Crippen LogP contribution in [-0.4, -0.2) is 37.6 Å². The monoisotopic (exact) mass is 252 g/mol. The second kappa shape index (κ2) is 6.38. The fourth-order valence-corrected chi connectivity index (χ4v) is 4.13. The van der Waals surface area contributed by atoms with Gasteiger partial charge in [-0.25, -0.2) is 0 Å². The van der Waals surface area contributed by atoms with Crippen LogP contribution >= 0.6 is 0 Å². The first kappa shape index (κ1) is 14.3. The van der Waals surface area contributed by atoms with Crippen molar-refractivity contribution in [1.29, 1.82) is 0 Å². The van der Waals surface area contributed by atoms with Gasteiger partial charge in [0.2, 0.25) is 0 Å². The van der Waals surface area contributed by atoms with Gasteiger partial charge in [0.15, 0.2) is 0 Å². The molecule has 0 radical (unpaired) electrons. The molecule has 18 heavy (non-hydrogen) atoms. The lowest BCUT2D eigenvalue weighted by Gasteiger charge is -2.42. The Morgan fingerprint density at radius 2 is 1.78 bits per heavy atom. The number of piperidine rings is 1. The summed E-state index contributed by atoms with van der Waals surface area (Å²) >= 11 is 0. The van der Waals surface area contributed by atoms with E-state index in [-0.39, 0.29) is 0 Å². The SMILES string of the molecule is CCC1(CC)CCN(CC2CCCC2NC)CC1. The minimum absolute atomic E-state index is 0.675. The van der Waals surface area contributed by atoms with Crippen molar-refractivity contribution in [2.45, 2.75) is 64.8 Å². The van der Waals surface area contributed by atoms with E-state index in [4.69, 9.17) is 0 Å². The van der Waals surface area contributed by atoms with Gasteiger partial charge in [-0.3, -0.25) is 0 Å². The van der Waals surface area contributed by atoms with Gasteiger partial charge in [-0.2, -0.15) is 0 Å². The Morgan fingerprint density at radius 3 is 2.33 bits per heavy atom. The first-order valence-electron chi connectivity index (χ1n) is 8.12. The van der Waals surface area contributed by atoms with Crippen molar-refractivity contribution < 1.29 is 0 Å². The van der Waals surface area contributed by atoms with Gasteiger partial charge in [0.1, 0.15) is 0 Å². The van der Waals surface area contributed by atoms with Crippen LogP contribution in [0.25, 0.3) is 0 Å². The van der Waals surface area contributed by atoms with Crippen LogP contribution in [0, 0.1) is 11.3 Å². The van der Waals surface area contributed by atoms with Crippen LogP contribution in [0.3, 0.4) is 0 Å². The van der Waals surface area contributed by atoms with Gasteiger partial charge in [0.25, 0.3) is 0 Å². The molecule has 0 aromatic rings. The van der Waals surface area contributed by atoms with Crippen molar-refractivity contribution >= 4 is 0 Å². The van der Waals surface area contributed by atoms with E-state index in [0.29, 0.717) is 5.41 Å². The molecule has 0 aromatic heterocycles. The molecule has 1 N–H and O–H groups in total. The molecule has 1 heterocycles. The highest BCUT2D eigenvalue weighted by Gasteiger charge is 2.33. The summed E-state index contributed by atoms with van der Waals surface area (Å²) < 4.78 is 0. The zero-order chi connectivity index (χ0) is 13.0. The van der Waals surface area contributed by atoms with Crippen LogP contribution < -0.4 is 5.32 Å². The average Bonchev–Trinajstić information content (AvgIpc) is 2.87. The standard InChI is InChI=1S/C16H32N2/c1-4-16(5-2)9-11-18(12-10-16)13-14-7-6-8-15(14)17-3/h14-15,17H,4-13H2,1-3H3. The molecule has 0 bridgehead atoms. The Bertz CT molecular complexity index is 237. The molecule has 2 heteroatoms. The first-order chi connectivity index (χ1) is 8.73. The maximum atomic E-state index is 3.52. The second-order valence-electron chi connectivity index (χ2n) is 6.59. The summed E-state index contributed by atoms with van der Waals surface area (Å²) in [4.78, 5) is 2.74. The third kappa shape index (κ3) is 3.08. The van der Waals surface area contributed by atoms with Gasteiger partial charge in [0, 0.05) is 12.6 Å². The maximum Gasteiger partial charge on any atom is 0.0104 e. The number of rotatable bonds is 5. The van der Waals surface area contributed by atoms with E-state index in [2.05, 4.69) is 31.1 Å². The van der Waals surface area contributed by atoms with Crippen LogP contribution in [0.4, 0.5) is 0 Å². The minimum Gasteiger partial charge on any atom is -0.317 e. The van der Waals surface area contributed by atoms with Crippen LogP contribution in [0.15, 0.2) is 0 Å². The molecule has 2 rings (SSSR count). The smallest absolute Gasteiger partial charge is 0.0104 e. The van der Waals surface area contributed by atoms with Gasteiger partial charge in [-0.05, 0) is 57.2 Å². The summed E-state index contributed by atoms with van der Waals surface area (Å²) in [6.07, 6.45) is 9.86. The molecule has 0 spiro atoms. The predicted molar refractivity (Wildman–Crippen MR) is 78.9 cm³/mol. The first-order valence-corrected chi connectivity index (χ1v) is 8.12. The summed E-state index contributed by atoms with van der Waals surface area (Å²) in [5.74, 6) is 0.908. The zero-order valence-corrected chi connectivity index (χ0v) is 12.7. The minimum atomic E-state index is 0.675. The Morgan fingerprint density at radius 1 is 1.11 bits per heavy atom. The highest BCUT2D eigenvalue weighted by Crippen LogP contribution is 2.38. The van der Waals surface area contributed by atoms with E-state index in [1.807, 2.05) is 0 Å². The number of hydrogen-bond donors (Lipinski definition) is 1. The van der Waals surface area contributed by atoms with E-state index in [0.717, 1.165) is 12.0 Å². The molecule has 2 atom stereocenters. The van der Waals surface area contributed by atoms with E-state index in [1.54, 1.807) is 0 Å². The van der Waals surface area contributed by atoms with Gasteiger partial charge in [-0.1, -0.05) is 33.1 Å². The van der Waals surface area contributed by atoms with Crippen LogP contribution in [0.5, 0.6) is 0 Å². The normalized spacial score (nSPS) is 32.8. The van der Waals surface area contributed by atoms with Crippen molar-refractivity contribution in [2.24, 2.45) is 11.3 Å². The fraction of sp³-hybridized carbons (Fsp3) is 1.00. The van der Waals surface area contributed by atoms with Crippen molar-refractivity contribution in [1.82, 2.24) is 10.2 Å². The summed E-state index contributed by atoms with van der Waals surface area (Å²) in [6, 6.07) is 0.786. The summed E-state index contributed by atoms with van der Waals surface area (Å²) in [6.45, 7) is 8.79. The number of hydrogen-bond acceptors (Lipinski definition) is 2. The van der Waals surface area contributed by atoms with Crippen LogP contribution in [-0.2, 0) is 0 Å². The molecule has 1 saturated carbocycles. The second-order valence-corrected chi connectivity index (χ2v) is 6.59. The summed E-state index contributed by atoms with van der Waals surface area (Å²) in [5, 5.41) is 3.52. The van der Waals surface area contributed by atoms with Gasteiger partial charge >= 0.3 is 0 Å². The maximum absolute atomic E-state index is 3.52. The largest absolute Gasteiger partial charge is 0.317 e. The molecule has 2 fully saturated rings. The molecule has 0 aromatic carbocycles. The average molecular weight is 252 g/mol. The van der Waals surface area contributed by atoms with Gasteiger partial charge in [-0.15, -0.1) is 0 Å². The molecule has 1 aliphatic heterocycles. The quantitative estimate of drug-likeness (QED) is 0.808. The number of nitrogens with zero attached hydrogens (tertiary/aromatic N) is 1. The van der Waals surface area contributed by atoms with Gasteiger partial charge in [0.05, 0.1) is 0 Å². The summed E-state index contributed by atoms with van der Waals surface area (Å²) in [5.41, 5.74) is 0.675. The number of nitrogens with one attached hydrogen (secondary N) is 1. The topological polar surface area (TPSA) is 15.3 Å². The molecule has 2 aliphatic rings. The molecule has 0 amide bonds. The van der Waals surface area contributed by atoms with E-state index in [9.17, 15) is 0 Å². The predicted octanol–water partition coefficient (Wildman–Crippen LogP) is 3.28. The Labute approximate surface area is 114 Å². The highest BCUT2D eigenvalue weighted by molar-refractivity contribution is 4.88. The van der Waals surface area contributed by atoms with Crippen molar-refractivity contribution in [3.05, 3.63) is 0 Å². The van der Waals surface area contributed by atoms with E-state index < -0.39 is 0 Å². The molecule has 1 aliphatic carbocycles. The van der Waals surface area contributed by atoms with Crippen molar-refractivity contribution in [3.63, 3.8) is 0 Å². The van der Waals surface area contributed by atoms with Crippen LogP contribution in [0.1, 0.15) is 58.8 Å². The lowest BCUT2D eigenvalue weighted by atomic mass is 9.74. The number of likely N-dealkylation sites (tertiary alicyclic amines) is 1. The van der Waals surface area contributed by atoms with Crippen LogP contribution in [0.2, 0.25) is 0 Å². The van der Waals surface area contributed by atoms with Gasteiger partial charge < -0.3 is 10.2 Å². The zero-order valence-electron chi connectivity index (χ0n) is 12.7. The molecule has 2 unspecified atom stereocenters. The lowest BCUT2D eigenvalue weighted by molar-refractivity contribution is 0.0819. The van der Waals surface area contributed by atoms with Crippen molar-refractivity contribution in [2.75, 3.05) is 26.7 Å². The molecular formula is C16H32N2. The molecular weight excluding hydrogens is 220 g/mol. The third-order valence-electron chi connectivity index (χ3n) is 5.94. The Balaban J connectivity index is 1.80. The highest BCUT2D eigenvalue weighted by atomic mass is 15.1. The molecule has 1 saturated heterocycles. The molecule has 106 valence electrons.